The average Bonchev–Trinajstić information content (AvgIpc) is 1.80. The van der Waals surface area contributed by atoms with Gasteiger partial charge in [-0.2, -0.15) is 0 Å². The summed E-state index contributed by atoms with van der Waals surface area (Å²) < 4.78 is 0. The molecule has 71 valence electrons. The fourth-order valence-corrected chi connectivity index (χ4v) is 2.67. The van der Waals surface area contributed by atoms with Gasteiger partial charge in [-0.05, 0) is 36.5 Å². The molecule has 1 aliphatic carbocycles. The summed E-state index contributed by atoms with van der Waals surface area (Å²) in [7, 11) is 0. The van der Waals surface area contributed by atoms with Crippen molar-refractivity contribution in [1.29, 1.82) is 0 Å². The first kappa shape index (κ1) is 10.1. The molecule has 0 bridgehead atoms. The van der Waals surface area contributed by atoms with Gasteiger partial charge in [0.25, 0.3) is 0 Å². The minimum absolute atomic E-state index is 0.532. The maximum absolute atomic E-state index is 2.48. The molecule has 0 atom stereocenters. The average molecular weight is 167 g/mol. The van der Waals surface area contributed by atoms with Crippen LogP contribution in [0.1, 0.15) is 59.8 Å². The lowest BCUT2D eigenvalue weighted by molar-refractivity contribution is 0.164. The van der Waals surface area contributed by atoms with Crippen LogP contribution in [-0.4, -0.2) is 0 Å². The molecular formula is C12H23. The molecule has 0 nitrogen and oxygen atoms in total. The lowest BCUT2D eigenvalue weighted by Gasteiger charge is -2.37. The molecule has 0 heterocycles. The van der Waals surface area contributed by atoms with Crippen LogP contribution in [-0.2, 0) is 0 Å². The lowest BCUT2D eigenvalue weighted by atomic mass is 9.69. The van der Waals surface area contributed by atoms with Crippen LogP contribution >= 0.6 is 0 Å². The highest BCUT2D eigenvalue weighted by Gasteiger charge is 2.29. The quantitative estimate of drug-likeness (QED) is 0.507. The van der Waals surface area contributed by atoms with Crippen LogP contribution < -0.4 is 0 Å². The van der Waals surface area contributed by atoms with Crippen molar-refractivity contribution in [2.24, 2.45) is 10.8 Å². The Labute approximate surface area is 77.7 Å². The van der Waals surface area contributed by atoms with Gasteiger partial charge in [-0.3, -0.25) is 0 Å². The largest absolute Gasteiger partial charge is 0.0599 e. The van der Waals surface area contributed by atoms with Gasteiger partial charge >= 0.3 is 0 Å². The second-order valence-corrected chi connectivity index (χ2v) is 5.89. The highest BCUT2D eigenvalue weighted by Crippen LogP contribution is 2.42. The number of hydrogen-bond donors (Lipinski definition) is 0. The highest BCUT2D eigenvalue weighted by molar-refractivity contribution is 4.86. The van der Waals surface area contributed by atoms with E-state index in [0.717, 1.165) is 0 Å². The first-order chi connectivity index (χ1) is 5.41. The Bertz CT molecular complexity index is 126. The van der Waals surface area contributed by atoms with E-state index >= 15 is 0 Å². The summed E-state index contributed by atoms with van der Waals surface area (Å²) in [6.45, 7) is 9.63. The standard InChI is InChI=1S/C12H23/c1-11(2)8-6-5-7-9-12(3,4)10-11/h6H,5,7-10H2,1-4H3. The van der Waals surface area contributed by atoms with Crippen LogP contribution in [0, 0.1) is 17.3 Å². The molecule has 0 aromatic heterocycles. The zero-order valence-electron chi connectivity index (χ0n) is 9.11. The van der Waals surface area contributed by atoms with E-state index < -0.39 is 0 Å². The van der Waals surface area contributed by atoms with E-state index in [1.807, 2.05) is 0 Å². The third-order valence-electron chi connectivity index (χ3n) is 2.92. The fourth-order valence-electron chi connectivity index (χ4n) is 2.67. The summed E-state index contributed by atoms with van der Waals surface area (Å²) in [5.74, 6) is 0. The topological polar surface area (TPSA) is 0 Å². The molecule has 0 aromatic rings. The van der Waals surface area contributed by atoms with Crippen molar-refractivity contribution in [3.8, 4) is 0 Å². The smallest absolute Gasteiger partial charge is 0.0346 e. The molecule has 0 aromatic carbocycles. The Balaban J connectivity index is 2.58. The predicted octanol–water partition coefficient (Wildman–Crippen LogP) is 4.21. The second kappa shape index (κ2) is 3.40. The van der Waals surface area contributed by atoms with Crippen molar-refractivity contribution in [2.45, 2.75) is 59.8 Å². The molecule has 1 saturated carbocycles. The van der Waals surface area contributed by atoms with Crippen LogP contribution in [0.3, 0.4) is 0 Å². The number of rotatable bonds is 0. The van der Waals surface area contributed by atoms with Gasteiger partial charge in [0.05, 0.1) is 0 Å². The maximum Gasteiger partial charge on any atom is -0.0346 e. The van der Waals surface area contributed by atoms with Gasteiger partial charge < -0.3 is 0 Å². The van der Waals surface area contributed by atoms with E-state index in [1.165, 1.54) is 32.1 Å². The molecule has 1 aliphatic rings. The molecule has 0 aliphatic heterocycles. The van der Waals surface area contributed by atoms with Gasteiger partial charge in [-0.1, -0.05) is 40.5 Å². The SMILES string of the molecule is CC1(C)C[CH]CCCC(C)(C)C1. The van der Waals surface area contributed by atoms with Crippen molar-refractivity contribution in [3.63, 3.8) is 0 Å². The van der Waals surface area contributed by atoms with Crippen LogP contribution in [0.25, 0.3) is 0 Å². The van der Waals surface area contributed by atoms with Crippen molar-refractivity contribution < 1.29 is 0 Å². The third-order valence-corrected chi connectivity index (χ3v) is 2.92. The summed E-state index contributed by atoms with van der Waals surface area (Å²) >= 11 is 0. The van der Waals surface area contributed by atoms with Gasteiger partial charge in [0, 0.05) is 0 Å². The van der Waals surface area contributed by atoms with Crippen molar-refractivity contribution in [3.05, 3.63) is 6.42 Å². The van der Waals surface area contributed by atoms with Crippen LogP contribution in [0.2, 0.25) is 0 Å². The van der Waals surface area contributed by atoms with E-state index in [0.29, 0.717) is 10.8 Å². The Morgan fingerprint density at radius 3 is 2.33 bits per heavy atom. The number of hydrogen-bond acceptors (Lipinski definition) is 0. The van der Waals surface area contributed by atoms with Gasteiger partial charge in [0.2, 0.25) is 0 Å². The highest BCUT2D eigenvalue weighted by atomic mass is 14.3. The van der Waals surface area contributed by atoms with E-state index in [2.05, 4.69) is 34.1 Å². The second-order valence-electron chi connectivity index (χ2n) is 5.89. The predicted molar refractivity (Wildman–Crippen MR) is 54.9 cm³/mol. The Morgan fingerprint density at radius 1 is 1.00 bits per heavy atom. The summed E-state index contributed by atoms with van der Waals surface area (Å²) in [5, 5.41) is 0. The molecule has 1 radical (unpaired) electrons. The minimum Gasteiger partial charge on any atom is -0.0599 e. The summed E-state index contributed by atoms with van der Waals surface area (Å²) in [4.78, 5) is 0. The maximum atomic E-state index is 2.48. The first-order valence-electron chi connectivity index (χ1n) is 5.23. The van der Waals surface area contributed by atoms with Gasteiger partial charge in [-0.25, -0.2) is 0 Å². The van der Waals surface area contributed by atoms with Crippen molar-refractivity contribution in [2.75, 3.05) is 0 Å². The molecule has 0 N–H and O–H groups in total. The minimum atomic E-state index is 0.532. The molecule has 0 saturated heterocycles. The van der Waals surface area contributed by atoms with E-state index in [-0.39, 0.29) is 0 Å². The summed E-state index contributed by atoms with van der Waals surface area (Å²) in [6.07, 6.45) is 9.27. The van der Waals surface area contributed by atoms with Crippen molar-refractivity contribution >= 4 is 0 Å². The fraction of sp³-hybridized carbons (Fsp3) is 0.917. The molecule has 0 unspecified atom stereocenters. The zero-order valence-corrected chi connectivity index (χ0v) is 9.11. The monoisotopic (exact) mass is 167 g/mol. The molecular weight excluding hydrogens is 144 g/mol. The normalized spacial score (nSPS) is 29.0. The van der Waals surface area contributed by atoms with E-state index in [4.69, 9.17) is 0 Å². The van der Waals surface area contributed by atoms with E-state index in [9.17, 15) is 0 Å². The third kappa shape index (κ3) is 3.16. The molecule has 0 amide bonds. The molecule has 0 heteroatoms. The Hall–Kier alpha value is 0. The summed E-state index contributed by atoms with van der Waals surface area (Å²) in [6, 6.07) is 0. The molecule has 1 fully saturated rings. The molecule has 0 spiro atoms. The molecule has 12 heavy (non-hydrogen) atoms. The Morgan fingerprint density at radius 2 is 1.67 bits per heavy atom. The van der Waals surface area contributed by atoms with E-state index in [1.54, 1.807) is 0 Å². The van der Waals surface area contributed by atoms with Crippen molar-refractivity contribution in [1.82, 2.24) is 0 Å². The lowest BCUT2D eigenvalue weighted by Crippen LogP contribution is -2.25. The van der Waals surface area contributed by atoms with Gasteiger partial charge in [0.15, 0.2) is 0 Å². The van der Waals surface area contributed by atoms with Crippen LogP contribution in [0.15, 0.2) is 0 Å². The molecule has 1 rings (SSSR count). The van der Waals surface area contributed by atoms with Crippen LogP contribution in [0.5, 0.6) is 0 Å². The Kier molecular flexibility index (Phi) is 2.85. The van der Waals surface area contributed by atoms with Crippen LogP contribution in [0.4, 0.5) is 0 Å². The van der Waals surface area contributed by atoms with Gasteiger partial charge in [0.1, 0.15) is 0 Å². The first-order valence-corrected chi connectivity index (χ1v) is 5.23. The van der Waals surface area contributed by atoms with Gasteiger partial charge in [-0.15, -0.1) is 0 Å². The zero-order chi connectivity index (χ0) is 9.24. The summed E-state index contributed by atoms with van der Waals surface area (Å²) in [5.41, 5.74) is 1.10.